The van der Waals surface area contributed by atoms with Crippen LogP contribution in [0, 0.1) is 0 Å². The van der Waals surface area contributed by atoms with E-state index < -0.39 is 5.97 Å². The number of carboxylic acid groups (broad SMARTS) is 1. The summed E-state index contributed by atoms with van der Waals surface area (Å²) < 4.78 is 7.58. The Morgan fingerprint density at radius 1 is 0.837 bits per heavy atom. The van der Waals surface area contributed by atoms with Gasteiger partial charge in [-0.15, -0.1) is 5.10 Å². The summed E-state index contributed by atoms with van der Waals surface area (Å²) in [7, 11) is 0. The molecule has 4 aromatic carbocycles. The molecule has 0 saturated carbocycles. The summed E-state index contributed by atoms with van der Waals surface area (Å²) in [6.45, 7) is 0.719. The zero-order valence-corrected chi connectivity index (χ0v) is 26.4. The highest BCUT2D eigenvalue weighted by Gasteiger charge is 2.21. The van der Waals surface area contributed by atoms with Gasteiger partial charge in [-0.05, 0) is 83.8 Å². The van der Waals surface area contributed by atoms with Gasteiger partial charge in [0.2, 0.25) is 0 Å². The van der Waals surface area contributed by atoms with E-state index in [2.05, 4.69) is 39.6 Å². The molecule has 10 heteroatoms. The molecule has 0 amide bonds. The maximum Gasteiger partial charge on any atom is 0.303 e. The molecule has 1 aliphatic rings. The van der Waals surface area contributed by atoms with Crippen molar-refractivity contribution in [2.45, 2.75) is 26.0 Å². The number of carboxylic acids is 1. The number of phenolic OH excluding ortho intramolecular Hbond substituents is 1. The third-order valence-electron chi connectivity index (χ3n) is 8.01. The van der Waals surface area contributed by atoms with E-state index in [1.54, 1.807) is 23.0 Å². The van der Waals surface area contributed by atoms with Crippen molar-refractivity contribution in [2.24, 2.45) is 9.98 Å². The number of nitrogens with one attached hydrogen (secondary N) is 1. The van der Waals surface area contributed by atoms with Crippen molar-refractivity contribution >= 4 is 28.9 Å². The summed E-state index contributed by atoms with van der Waals surface area (Å²) >= 11 is 0. The van der Waals surface area contributed by atoms with Crippen LogP contribution in [0.1, 0.15) is 29.7 Å². The number of aromatic amines is 1. The minimum Gasteiger partial charge on any atom is -0.508 e. The number of carbonyl (C=O) groups is 1. The van der Waals surface area contributed by atoms with Gasteiger partial charge in [0.05, 0.1) is 11.9 Å². The fraction of sp³-hybridized carbons (Fsp3) is 0.103. The smallest absolute Gasteiger partial charge is 0.303 e. The third-order valence-corrected chi connectivity index (χ3v) is 8.01. The number of rotatable bonds is 12. The van der Waals surface area contributed by atoms with Crippen LogP contribution in [0.3, 0.4) is 0 Å². The summed E-state index contributed by atoms with van der Waals surface area (Å²) in [4.78, 5) is 24.4. The van der Waals surface area contributed by atoms with Crippen molar-refractivity contribution in [1.29, 1.82) is 0 Å². The number of hydrogen-bond donors (Lipinski definition) is 3. The Hall–Kier alpha value is -6.55. The van der Waals surface area contributed by atoms with E-state index in [4.69, 9.17) is 19.8 Å². The summed E-state index contributed by atoms with van der Waals surface area (Å²) in [5, 5.41) is 26.8. The van der Waals surface area contributed by atoms with Crippen LogP contribution in [-0.4, -0.2) is 47.7 Å². The molecule has 0 saturated heterocycles. The molecule has 49 heavy (non-hydrogen) atoms. The number of amidine groups is 1. The van der Waals surface area contributed by atoms with Crippen LogP contribution in [0.2, 0.25) is 0 Å². The lowest BCUT2D eigenvalue weighted by Crippen LogP contribution is -2.02. The van der Waals surface area contributed by atoms with Crippen LogP contribution in [-0.2, 0) is 17.9 Å². The van der Waals surface area contributed by atoms with Gasteiger partial charge in [0, 0.05) is 35.4 Å². The first-order valence-corrected chi connectivity index (χ1v) is 15.9. The van der Waals surface area contributed by atoms with Gasteiger partial charge in [0.1, 0.15) is 29.6 Å². The van der Waals surface area contributed by atoms with Crippen LogP contribution in [0.4, 0.5) is 5.82 Å². The number of nitrogens with zero attached hydrogens (tertiary/aromatic N) is 5. The highest BCUT2D eigenvalue weighted by Crippen LogP contribution is 2.37. The van der Waals surface area contributed by atoms with E-state index in [9.17, 15) is 9.90 Å². The average molecular weight is 649 g/mol. The summed E-state index contributed by atoms with van der Waals surface area (Å²) in [5.41, 5.74) is 8.02. The van der Waals surface area contributed by atoms with E-state index in [0.29, 0.717) is 36.1 Å². The number of phenols is 1. The number of benzene rings is 4. The number of hydrogen-bond acceptors (Lipinski definition) is 6. The molecule has 6 aromatic rings. The van der Waals surface area contributed by atoms with Crippen molar-refractivity contribution in [3.05, 3.63) is 144 Å². The van der Waals surface area contributed by atoms with Crippen LogP contribution < -0.4 is 4.74 Å². The lowest BCUT2D eigenvalue weighted by molar-refractivity contribution is -0.137. The molecule has 0 fully saturated rings. The topological polar surface area (TPSA) is 138 Å². The van der Waals surface area contributed by atoms with E-state index in [0.717, 1.165) is 44.8 Å². The number of aromatic hydroxyl groups is 1. The second kappa shape index (κ2) is 14.1. The first-order valence-electron chi connectivity index (χ1n) is 15.9. The standard InChI is InChI=1S/C39H32N6O4/c46-31-17-13-28(14-18-31)35-22-33(26-8-3-1-4-9-26)38(40-35)42-39-34(27-10-5-2-6-11-27)23-36(41-39)29-15-19-32(20-16-29)49-25-30-24-45(44-43-30)21-7-12-37(47)48/h1-6,8-11,13-20,22-24,40,46H,7,12,21,25H2,(H,47,48). The zero-order valence-electron chi connectivity index (χ0n) is 26.4. The van der Waals surface area contributed by atoms with Crippen molar-refractivity contribution in [3.63, 3.8) is 0 Å². The van der Waals surface area contributed by atoms with Crippen LogP contribution >= 0.6 is 0 Å². The van der Waals surface area contributed by atoms with Crippen molar-refractivity contribution in [1.82, 2.24) is 20.0 Å². The van der Waals surface area contributed by atoms with Gasteiger partial charge in [-0.2, -0.15) is 0 Å². The Bertz CT molecular complexity index is 2160. The maximum absolute atomic E-state index is 10.8. The van der Waals surface area contributed by atoms with E-state index >= 15 is 0 Å². The van der Waals surface area contributed by atoms with Gasteiger partial charge in [-0.1, -0.05) is 65.9 Å². The molecule has 0 bridgehead atoms. The number of aromatic nitrogens is 4. The Balaban J connectivity index is 1.16. The zero-order chi connectivity index (χ0) is 33.6. The molecule has 3 heterocycles. The molecule has 3 N–H and O–H groups in total. The van der Waals surface area contributed by atoms with Gasteiger partial charge in [0.25, 0.3) is 0 Å². The molecule has 2 aromatic heterocycles. The minimum absolute atomic E-state index is 0.0847. The first-order chi connectivity index (χ1) is 24.0. The minimum atomic E-state index is -0.829. The highest BCUT2D eigenvalue weighted by molar-refractivity contribution is 6.38. The molecule has 0 atom stereocenters. The van der Waals surface area contributed by atoms with Gasteiger partial charge >= 0.3 is 5.97 Å². The maximum atomic E-state index is 10.8. The van der Waals surface area contributed by atoms with Crippen LogP contribution in [0.25, 0.3) is 28.0 Å². The Morgan fingerprint density at radius 3 is 2.24 bits per heavy atom. The van der Waals surface area contributed by atoms with E-state index in [1.807, 2.05) is 84.9 Å². The molecule has 10 nitrogen and oxygen atoms in total. The van der Waals surface area contributed by atoms with Crippen molar-refractivity contribution < 1.29 is 19.7 Å². The monoisotopic (exact) mass is 648 g/mol. The molecular formula is C39H32N6O4. The van der Waals surface area contributed by atoms with Crippen LogP contribution in [0.15, 0.2) is 138 Å². The second-order valence-corrected chi connectivity index (χ2v) is 11.5. The molecule has 7 rings (SSSR count). The molecule has 1 aliphatic heterocycles. The molecule has 0 aliphatic carbocycles. The Kier molecular flexibility index (Phi) is 8.92. The van der Waals surface area contributed by atoms with E-state index in [1.165, 1.54) is 0 Å². The number of aryl methyl sites for hydroxylation is 1. The number of ether oxygens (including phenoxy) is 1. The number of aliphatic imine (C=N–C) groups is 2. The van der Waals surface area contributed by atoms with Gasteiger partial charge in [-0.3, -0.25) is 9.48 Å². The SMILES string of the molecule is O=C(O)CCCn1cc(COc2ccc(C3=NC(=Nc4[nH]c(-c5ccc(O)cc5)cc4-c4ccccc4)C(c4ccccc4)=C3)cc2)nn1. The molecular weight excluding hydrogens is 616 g/mol. The van der Waals surface area contributed by atoms with Gasteiger partial charge < -0.3 is 19.9 Å². The molecule has 0 unspecified atom stereocenters. The predicted octanol–water partition coefficient (Wildman–Crippen LogP) is 7.71. The van der Waals surface area contributed by atoms with Gasteiger partial charge in [-0.25, -0.2) is 9.98 Å². The van der Waals surface area contributed by atoms with E-state index in [-0.39, 0.29) is 18.8 Å². The summed E-state index contributed by atoms with van der Waals surface area (Å²) in [5.74, 6) is 1.32. The fourth-order valence-corrected chi connectivity index (χ4v) is 5.53. The normalized spacial score (nSPS) is 13.3. The molecule has 0 radical (unpaired) electrons. The summed E-state index contributed by atoms with van der Waals surface area (Å²) in [6, 6.07) is 37.0. The summed E-state index contributed by atoms with van der Waals surface area (Å²) in [6.07, 6.45) is 4.39. The first kappa shape index (κ1) is 31.1. The number of allylic oxidation sites excluding steroid dienone is 1. The Morgan fingerprint density at radius 2 is 1.53 bits per heavy atom. The predicted molar refractivity (Wildman–Crippen MR) is 189 cm³/mol. The second-order valence-electron chi connectivity index (χ2n) is 11.5. The molecule has 242 valence electrons. The lowest BCUT2D eigenvalue weighted by Gasteiger charge is -2.05. The van der Waals surface area contributed by atoms with Crippen molar-refractivity contribution in [2.75, 3.05) is 0 Å². The lowest BCUT2D eigenvalue weighted by atomic mass is 10.0. The largest absolute Gasteiger partial charge is 0.508 e. The highest BCUT2D eigenvalue weighted by atomic mass is 16.5. The average Bonchev–Trinajstić information content (AvgIpc) is 3.88. The Labute approximate surface area is 282 Å². The number of aliphatic carboxylic acids is 1. The number of H-pyrrole nitrogens is 1. The third kappa shape index (κ3) is 7.39. The quantitative estimate of drug-likeness (QED) is 0.124. The fourth-order valence-electron chi connectivity index (χ4n) is 5.53. The van der Waals surface area contributed by atoms with Crippen LogP contribution in [0.5, 0.6) is 11.5 Å². The van der Waals surface area contributed by atoms with Gasteiger partial charge in [0.15, 0.2) is 5.84 Å². The van der Waals surface area contributed by atoms with Crippen molar-refractivity contribution in [3.8, 4) is 33.9 Å². The molecule has 0 spiro atoms.